The number of fused-ring (bicyclic) bond motifs is 1. The third-order valence-electron chi connectivity index (χ3n) is 2.75. The zero-order valence-electron chi connectivity index (χ0n) is 5.88. The molecular formula is C7H8O3. The van der Waals surface area contributed by atoms with Gasteiger partial charge in [0.15, 0.2) is 11.9 Å². The van der Waals surface area contributed by atoms with Crippen molar-refractivity contribution in [3.8, 4) is 0 Å². The molecule has 1 saturated carbocycles. The molecule has 0 aromatic carbocycles. The van der Waals surface area contributed by atoms with E-state index in [-0.39, 0.29) is 17.3 Å². The van der Waals surface area contributed by atoms with Gasteiger partial charge in [0.2, 0.25) is 0 Å². The highest BCUT2D eigenvalue weighted by Gasteiger charge is 2.86. The Morgan fingerprint density at radius 3 is 2.30 bits per heavy atom. The van der Waals surface area contributed by atoms with Crippen LogP contribution in [0.25, 0.3) is 0 Å². The first kappa shape index (κ1) is 5.89. The Hall–Kier alpha value is -0.860. The van der Waals surface area contributed by atoms with Gasteiger partial charge in [-0.05, 0) is 0 Å². The first-order chi connectivity index (χ1) is 4.56. The molecule has 0 spiro atoms. The Kier molecular flexibility index (Phi) is 0.667. The molecule has 10 heavy (non-hydrogen) atoms. The van der Waals surface area contributed by atoms with Crippen molar-refractivity contribution in [3.05, 3.63) is 0 Å². The van der Waals surface area contributed by atoms with E-state index in [9.17, 15) is 9.59 Å². The van der Waals surface area contributed by atoms with Crippen LogP contribution in [0.15, 0.2) is 0 Å². The van der Waals surface area contributed by atoms with Crippen LogP contribution < -0.4 is 0 Å². The second-order valence-electron chi connectivity index (χ2n) is 3.49. The standard InChI is InChI=1S/C7H8O3/c1-6(2)4-5(9)10-7(4,6)3-8/h3-4H,1-2H3. The van der Waals surface area contributed by atoms with Crippen LogP contribution in [0.5, 0.6) is 0 Å². The monoisotopic (exact) mass is 140 g/mol. The molecule has 2 fully saturated rings. The molecular weight excluding hydrogens is 132 g/mol. The Balaban J connectivity index is 2.35. The number of aldehydes is 1. The van der Waals surface area contributed by atoms with Crippen molar-refractivity contribution in [3.63, 3.8) is 0 Å². The van der Waals surface area contributed by atoms with E-state index in [1.807, 2.05) is 13.8 Å². The zero-order chi connectivity index (χ0) is 7.57. The van der Waals surface area contributed by atoms with Crippen molar-refractivity contribution in [2.24, 2.45) is 11.3 Å². The Morgan fingerprint density at radius 1 is 1.60 bits per heavy atom. The minimum Gasteiger partial charge on any atom is -0.449 e. The van der Waals surface area contributed by atoms with Crippen molar-refractivity contribution in [1.82, 2.24) is 0 Å². The summed E-state index contributed by atoms with van der Waals surface area (Å²) in [7, 11) is 0. The number of rotatable bonds is 1. The van der Waals surface area contributed by atoms with Crippen LogP contribution in [0.3, 0.4) is 0 Å². The minimum atomic E-state index is -0.732. The molecule has 0 N–H and O–H groups in total. The summed E-state index contributed by atoms with van der Waals surface area (Å²) in [6, 6.07) is 0. The lowest BCUT2D eigenvalue weighted by Gasteiger charge is -2.19. The van der Waals surface area contributed by atoms with E-state index in [1.165, 1.54) is 0 Å². The Bertz CT molecular complexity index is 231. The highest BCUT2D eigenvalue weighted by Crippen LogP contribution is 2.69. The van der Waals surface area contributed by atoms with E-state index in [1.54, 1.807) is 0 Å². The summed E-state index contributed by atoms with van der Waals surface area (Å²) in [5.41, 5.74) is -0.976. The highest BCUT2D eigenvalue weighted by molar-refractivity contribution is 5.98. The van der Waals surface area contributed by atoms with Gasteiger partial charge in [0.25, 0.3) is 0 Å². The predicted molar refractivity (Wildman–Crippen MR) is 32.2 cm³/mol. The molecule has 1 heterocycles. The van der Waals surface area contributed by atoms with E-state index in [4.69, 9.17) is 4.74 Å². The highest BCUT2D eigenvalue weighted by atomic mass is 16.6. The van der Waals surface area contributed by atoms with Gasteiger partial charge in [0.1, 0.15) is 5.92 Å². The summed E-state index contributed by atoms with van der Waals surface area (Å²) in [4.78, 5) is 21.1. The van der Waals surface area contributed by atoms with Gasteiger partial charge in [-0.2, -0.15) is 0 Å². The van der Waals surface area contributed by atoms with Gasteiger partial charge in [-0.25, -0.2) is 0 Å². The first-order valence-electron chi connectivity index (χ1n) is 3.25. The molecule has 54 valence electrons. The van der Waals surface area contributed by atoms with Crippen LogP contribution >= 0.6 is 0 Å². The van der Waals surface area contributed by atoms with Gasteiger partial charge in [-0.1, -0.05) is 13.8 Å². The molecule has 1 aliphatic carbocycles. The van der Waals surface area contributed by atoms with E-state index in [0.29, 0.717) is 0 Å². The van der Waals surface area contributed by atoms with Gasteiger partial charge in [-0.15, -0.1) is 0 Å². The van der Waals surface area contributed by atoms with Crippen molar-refractivity contribution in [2.75, 3.05) is 0 Å². The average molecular weight is 140 g/mol. The first-order valence-corrected chi connectivity index (χ1v) is 3.25. The molecule has 1 aliphatic heterocycles. The second-order valence-corrected chi connectivity index (χ2v) is 3.49. The third-order valence-corrected chi connectivity index (χ3v) is 2.75. The molecule has 0 radical (unpaired) electrons. The molecule has 2 atom stereocenters. The van der Waals surface area contributed by atoms with Crippen LogP contribution in [-0.2, 0) is 14.3 Å². The molecule has 3 nitrogen and oxygen atoms in total. The smallest absolute Gasteiger partial charge is 0.315 e. The fourth-order valence-corrected chi connectivity index (χ4v) is 1.83. The lowest BCUT2D eigenvalue weighted by atomic mass is 10.1. The van der Waals surface area contributed by atoms with Crippen LogP contribution in [0.1, 0.15) is 13.8 Å². The Labute approximate surface area is 58.4 Å². The summed E-state index contributed by atoms with van der Waals surface area (Å²) >= 11 is 0. The zero-order valence-corrected chi connectivity index (χ0v) is 5.88. The minimum absolute atomic E-state index is 0.155. The molecule has 2 rings (SSSR count). The lowest BCUT2D eigenvalue weighted by molar-refractivity contribution is -0.173. The number of carbonyl (C=O) groups excluding carboxylic acids is 2. The number of carbonyl (C=O) groups is 2. The molecule has 0 bridgehead atoms. The van der Waals surface area contributed by atoms with Crippen molar-refractivity contribution >= 4 is 12.3 Å². The molecule has 0 amide bonds. The third kappa shape index (κ3) is 0.296. The molecule has 0 aromatic rings. The maximum Gasteiger partial charge on any atom is 0.315 e. The molecule has 2 aliphatic rings. The van der Waals surface area contributed by atoms with E-state index < -0.39 is 5.60 Å². The quantitative estimate of drug-likeness (QED) is 0.384. The maximum atomic E-state index is 10.7. The van der Waals surface area contributed by atoms with Gasteiger partial charge < -0.3 is 4.74 Å². The molecule has 1 saturated heterocycles. The van der Waals surface area contributed by atoms with Crippen molar-refractivity contribution < 1.29 is 14.3 Å². The summed E-state index contributed by atoms with van der Waals surface area (Å²) in [5, 5.41) is 0. The van der Waals surface area contributed by atoms with Crippen LogP contribution in [0.4, 0.5) is 0 Å². The number of hydrogen-bond acceptors (Lipinski definition) is 3. The van der Waals surface area contributed by atoms with Gasteiger partial charge in [-0.3, -0.25) is 9.59 Å². The van der Waals surface area contributed by atoms with Crippen LogP contribution in [-0.4, -0.2) is 17.9 Å². The maximum absolute atomic E-state index is 10.7. The number of ether oxygens (including phenoxy) is 1. The van der Waals surface area contributed by atoms with Crippen molar-refractivity contribution in [1.29, 1.82) is 0 Å². The molecule has 0 aromatic heterocycles. The predicted octanol–water partition coefficient (Wildman–Crippen LogP) is 0.137. The summed E-state index contributed by atoms with van der Waals surface area (Å²) in [6.07, 6.45) is 0.749. The van der Waals surface area contributed by atoms with Gasteiger partial charge >= 0.3 is 5.97 Å². The van der Waals surface area contributed by atoms with Crippen LogP contribution in [0.2, 0.25) is 0 Å². The summed E-state index contributed by atoms with van der Waals surface area (Å²) in [6.45, 7) is 3.74. The molecule has 2 unspecified atom stereocenters. The topological polar surface area (TPSA) is 43.4 Å². The SMILES string of the molecule is CC1(C)C2C(=O)OC21C=O. The number of esters is 1. The van der Waals surface area contributed by atoms with Gasteiger partial charge in [0.05, 0.1) is 0 Å². The summed E-state index contributed by atoms with van der Waals surface area (Å²) in [5.74, 6) is -0.380. The largest absolute Gasteiger partial charge is 0.449 e. The van der Waals surface area contributed by atoms with E-state index in [2.05, 4.69) is 0 Å². The fraction of sp³-hybridized carbons (Fsp3) is 0.714. The van der Waals surface area contributed by atoms with E-state index >= 15 is 0 Å². The second kappa shape index (κ2) is 1.13. The summed E-state index contributed by atoms with van der Waals surface area (Å²) < 4.78 is 4.76. The lowest BCUT2D eigenvalue weighted by Crippen LogP contribution is -2.37. The normalized spacial score (nSPS) is 46.6. The fourth-order valence-electron chi connectivity index (χ4n) is 1.83. The average Bonchev–Trinajstić information content (AvgIpc) is 2.19. The van der Waals surface area contributed by atoms with Crippen LogP contribution in [0, 0.1) is 11.3 Å². The Morgan fingerprint density at radius 2 is 2.20 bits per heavy atom. The van der Waals surface area contributed by atoms with Gasteiger partial charge in [0, 0.05) is 5.41 Å². The molecule has 3 heteroatoms. The number of hydrogen-bond donors (Lipinski definition) is 0. The van der Waals surface area contributed by atoms with E-state index in [0.717, 1.165) is 6.29 Å². The van der Waals surface area contributed by atoms with Crippen molar-refractivity contribution in [2.45, 2.75) is 19.4 Å².